The van der Waals surface area contributed by atoms with Gasteiger partial charge < -0.3 is 14.7 Å². The first-order valence-corrected chi connectivity index (χ1v) is 8.08. The van der Waals surface area contributed by atoms with Crippen LogP contribution in [-0.2, 0) is 25.6 Å². The van der Waals surface area contributed by atoms with E-state index in [4.69, 9.17) is 9.57 Å². The second-order valence-corrected chi connectivity index (χ2v) is 6.44. The highest BCUT2D eigenvalue weighted by atomic mass is 16.7. The first-order chi connectivity index (χ1) is 11.3. The van der Waals surface area contributed by atoms with Crippen LogP contribution in [0, 0.1) is 20.8 Å². The summed E-state index contributed by atoms with van der Waals surface area (Å²) in [6, 6.07) is 4.03. The summed E-state index contributed by atoms with van der Waals surface area (Å²) in [7, 11) is 1.54. The summed E-state index contributed by atoms with van der Waals surface area (Å²) < 4.78 is 5.46. The lowest BCUT2D eigenvalue weighted by molar-refractivity contribution is -0.204. The molecule has 1 aliphatic heterocycles. The predicted molar refractivity (Wildman–Crippen MR) is 88.6 cm³/mol. The van der Waals surface area contributed by atoms with Gasteiger partial charge in [0.25, 0.3) is 0 Å². The molecule has 0 bridgehead atoms. The van der Waals surface area contributed by atoms with Crippen molar-refractivity contribution in [3.05, 3.63) is 34.4 Å². The number of esters is 1. The molecule has 6 nitrogen and oxygen atoms in total. The number of hydrogen-bond acceptors (Lipinski definition) is 5. The molecule has 1 aliphatic rings. The molecule has 1 aromatic carbocycles. The van der Waals surface area contributed by atoms with Crippen molar-refractivity contribution < 1.29 is 24.3 Å². The molecule has 0 unspecified atom stereocenters. The Morgan fingerprint density at radius 2 is 1.71 bits per heavy atom. The van der Waals surface area contributed by atoms with E-state index in [1.165, 1.54) is 0 Å². The number of nitrogens with zero attached hydrogens (tertiary/aromatic N) is 1. The van der Waals surface area contributed by atoms with Crippen molar-refractivity contribution in [2.24, 2.45) is 0 Å². The molecule has 1 saturated heterocycles. The maximum atomic E-state index is 12.4. The van der Waals surface area contributed by atoms with Crippen molar-refractivity contribution in [3.63, 3.8) is 0 Å². The number of ether oxygens (including phenoxy) is 1. The van der Waals surface area contributed by atoms with Gasteiger partial charge in [0.2, 0.25) is 5.60 Å². The lowest BCUT2D eigenvalue weighted by Crippen LogP contribution is -2.52. The number of benzene rings is 1. The summed E-state index contributed by atoms with van der Waals surface area (Å²) in [4.78, 5) is 29.2. The van der Waals surface area contributed by atoms with Gasteiger partial charge in [-0.15, -0.1) is 0 Å². The van der Waals surface area contributed by atoms with Crippen LogP contribution in [0.3, 0.4) is 0 Å². The Bertz CT molecular complexity index is 609. The number of aliphatic carboxylic acids is 1. The van der Waals surface area contributed by atoms with Crippen LogP contribution in [0.1, 0.15) is 35.1 Å². The molecule has 0 saturated carbocycles. The second kappa shape index (κ2) is 7.32. The van der Waals surface area contributed by atoms with Crippen molar-refractivity contribution in [1.82, 2.24) is 5.06 Å². The third-order valence-corrected chi connectivity index (χ3v) is 4.65. The van der Waals surface area contributed by atoms with Crippen molar-refractivity contribution in [3.8, 4) is 0 Å². The van der Waals surface area contributed by atoms with Crippen molar-refractivity contribution in [2.45, 2.75) is 45.6 Å². The summed E-state index contributed by atoms with van der Waals surface area (Å²) >= 11 is 0. The Labute approximate surface area is 142 Å². The van der Waals surface area contributed by atoms with Crippen LogP contribution in [0.25, 0.3) is 0 Å². The van der Waals surface area contributed by atoms with Gasteiger partial charge in [-0.05, 0) is 37.5 Å². The standard InChI is InChI=1S/C18H25NO5/c1-12-9-13(2)15(14(3)10-12)11-16(20)24-18(17(21)22)5-7-19(23-4)8-6-18/h9-10H,5-8,11H2,1-4H3,(H,21,22). The number of aryl methyl sites for hydroxylation is 3. The molecule has 1 aromatic rings. The number of carboxylic acids is 1. The minimum Gasteiger partial charge on any atom is -0.478 e. The normalized spacial score (nSPS) is 17.5. The molecule has 0 atom stereocenters. The fraction of sp³-hybridized carbons (Fsp3) is 0.556. The molecule has 24 heavy (non-hydrogen) atoms. The number of hydroxylamine groups is 2. The Kier molecular flexibility index (Phi) is 5.62. The van der Waals surface area contributed by atoms with Crippen LogP contribution in [0.2, 0.25) is 0 Å². The first-order valence-electron chi connectivity index (χ1n) is 8.08. The highest BCUT2D eigenvalue weighted by molar-refractivity contribution is 5.83. The van der Waals surface area contributed by atoms with Gasteiger partial charge in [0.15, 0.2) is 0 Å². The second-order valence-electron chi connectivity index (χ2n) is 6.44. The summed E-state index contributed by atoms with van der Waals surface area (Å²) in [5.74, 6) is -1.60. The molecule has 0 aromatic heterocycles. The molecule has 2 rings (SSSR count). The number of rotatable bonds is 5. The third-order valence-electron chi connectivity index (χ3n) is 4.65. The first kappa shape index (κ1) is 18.4. The minimum atomic E-state index is -1.46. The van der Waals surface area contributed by atoms with Crippen molar-refractivity contribution in [2.75, 3.05) is 20.2 Å². The molecule has 0 spiro atoms. The van der Waals surface area contributed by atoms with Crippen molar-refractivity contribution >= 4 is 11.9 Å². The topological polar surface area (TPSA) is 76.1 Å². The van der Waals surface area contributed by atoms with Gasteiger partial charge in [-0.25, -0.2) is 4.79 Å². The zero-order valence-corrected chi connectivity index (χ0v) is 14.7. The van der Waals surface area contributed by atoms with Crippen LogP contribution >= 0.6 is 0 Å². The van der Waals surface area contributed by atoms with E-state index in [-0.39, 0.29) is 19.3 Å². The van der Waals surface area contributed by atoms with Gasteiger partial charge >= 0.3 is 11.9 Å². The van der Waals surface area contributed by atoms with E-state index in [1.807, 2.05) is 32.9 Å². The summed E-state index contributed by atoms with van der Waals surface area (Å²) in [6.45, 7) is 6.74. The number of piperidine rings is 1. The molecule has 1 heterocycles. The van der Waals surface area contributed by atoms with Crippen LogP contribution in [0.5, 0.6) is 0 Å². The average Bonchev–Trinajstić information content (AvgIpc) is 2.51. The maximum absolute atomic E-state index is 12.4. The number of carbonyl (C=O) groups is 2. The van der Waals surface area contributed by atoms with Gasteiger partial charge in [0, 0.05) is 25.9 Å². The quantitative estimate of drug-likeness (QED) is 0.831. The third kappa shape index (κ3) is 3.94. The molecule has 6 heteroatoms. The van der Waals surface area contributed by atoms with Gasteiger partial charge in [-0.1, -0.05) is 17.7 Å². The van der Waals surface area contributed by atoms with Gasteiger partial charge in [0.05, 0.1) is 13.5 Å². The summed E-state index contributed by atoms with van der Waals surface area (Å²) in [5, 5.41) is 11.2. The van der Waals surface area contributed by atoms with E-state index in [0.29, 0.717) is 13.1 Å². The fourth-order valence-corrected chi connectivity index (χ4v) is 3.28. The lowest BCUT2D eigenvalue weighted by atomic mass is 9.91. The Morgan fingerprint density at radius 3 is 2.17 bits per heavy atom. The highest BCUT2D eigenvalue weighted by Crippen LogP contribution is 2.28. The van der Waals surface area contributed by atoms with E-state index < -0.39 is 17.5 Å². The fourth-order valence-electron chi connectivity index (χ4n) is 3.28. The van der Waals surface area contributed by atoms with E-state index >= 15 is 0 Å². The van der Waals surface area contributed by atoms with Crippen LogP contribution in [0.15, 0.2) is 12.1 Å². The van der Waals surface area contributed by atoms with Gasteiger partial charge in [0.1, 0.15) is 0 Å². The number of carbonyl (C=O) groups excluding carboxylic acids is 1. The van der Waals surface area contributed by atoms with E-state index in [0.717, 1.165) is 22.3 Å². The van der Waals surface area contributed by atoms with E-state index in [2.05, 4.69) is 0 Å². The highest BCUT2D eigenvalue weighted by Gasteiger charge is 2.45. The SMILES string of the molecule is CON1CCC(OC(=O)Cc2c(C)cc(C)cc2C)(C(=O)O)CC1. The van der Waals surface area contributed by atoms with Crippen LogP contribution in [-0.4, -0.2) is 47.9 Å². The molecule has 1 N–H and O–H groups in total. The average molecular weight is 335 g/mol. The lowest BCUT2D eigenvalue weighted by Gasteiger charge is -2.37. The molecule has 0 amide bonds. The Morgan fingerprint density at radius 1 is 1.17 bits per heavy atom. The number of carboxylic acid groups (broad SMARTS) is 1. The molecule has 0 radical (unpaired) electrons. The summed E-state index contributed by atoms with van der Waals surface area (Å²) in [6.07, 6.45) is 0.516. The van der Waals surface area contributed by atoms with Gasteiger partial charge in [-0.3, -0.25) is 4.79 Å². The molecule has 0 aliphatic carbocycles. The summed E-state index contributed by atoms with van der Waals surface area (Å²) in [5.41, 5.74) is 2.61. The van der Waals surface area contributed by atoms with Crippen molar-refractivity contribution in [1.29, 1.82) is 0 Å². The van der Waals surface area contributed by atoms with E-state index in [1.54, 1.807) is 12.2 Å². The Balaban J connectivity index is 2.11. The molecular weight excluding hydrogens is 310 g/mol. The predicted octanol–water partition coefficient (Wildman–Crippen LogP) is 2.18. The largest absolute Gasteiger partial charge is 0.478 e. The molecule has 1 fully saturated rings. The van der Waals surface area contributed by atoms with Gasteiger partial charge in [-0.2, -0.15) is 5.06 Å². The van der Waals surface area contributed by atoms with Crippen LogP contribution in [0.4, 0.5) is 0 Å². The number of hydrogen-bond donors (Lipinski definition) is 1. The molecule has 132 valence electrons. The monoisotopic (exact) mass is 335 g/mol. The van der Waals surface area contributed by atoms with Crippen LogP contribution < -0.4 is 0 Å². The molecular formula is C18H25NO5. The zero-order valence-electron chi connectivity index (χ0n) is 14.7. The zero-order chi connectivity index (χ0) is 17.9. The smallest absolute Gasteiger partial charge is 0.348 e. The Hall–Kier alpha value is -1.92. The minimum absolute atomic E-state index is 0.0843. The maximum Gasteiger partial charge on any atom is 0.348 e. The van der Waals surface area contributed by atoms with E-state index in [9.17, 15) is 14.7 Å².